The maximum atomic E-state index is 4.42. The van der Waals surface area contributed by atoms with Crippen LogP contribution in [0.25, 0.3) is 0 Å². The van der Waals surface area contributed by atoms with E-state index in [2.05, 4.69) is 77.0 Å². The van der Waals surface area contributed by atoms with Crippen LogP contribution in [-0.2, 0) is 13.0 Å². The highest BCUT2D eigenvalue weighted by molar-refractivity contribution is 14.1. The third-order valence-electron chi connectivity index (χ3n) is 3.62. The first-order valence-electron chi connectivity index (χ1n) is 7.52. The Morgan fingerprint density at radius 2 is 2.14 bits per heavy atom. The number of hydrogen-bond donors (Lipinski definition) is 1. The highest BCUT2D eigenvalue weighted by atomic mass is 127. The Morgan fingerprint density at radius 3 is 2.86 bits per heavy atom. The van der Waals surface area contributed by atoms with Crippen LogP contribution in [0.3, 0.4) is 0 Å². The maximum absolute atomic E-state index is 4.42. The molecule has 2 rings (SSSR count). The van der Waals surface area contributed by atoms with Crippen molar-refractivity contribution in [1.29, 1.82) is 0 Å². The first-order chi connectivity index (χ1) is 10.2. The normalized spacial score (nSPS) is 12.6. The fourth-order valence-corrected chi connectivity index (χ4v) is 3.18. The molecule has 114 valence electrons. The summed E-state index contributed by atoms with van der Waals surface area (Å²) in [6.07, 6.45) is 3.64. The van der Waals surface area contributed by atoms with Crippen molar-refractivity contribution in [3.8, 4) is 0 Å². The van der Waals surface area contributed by atoms with Crippen molar-refractivity contribution in [2.75, 3.05) is 6.54 Å². The standard InChI is InChI=1S/C16H23IN4/c1-4-9-18-14(10-15-19-11-20-21(15)5-2)13-8-6-7-12(3)16(13)17/h6-8,11,14,18H,4-5,9-10H2,1-3H3. The van der Waals surface area contributed by atoms with E-state index in [4.69, 9.17) is 0 Å². The number of nitrogens with one attached hydrogen (secondary N) is 1. The number of hydrogen-bond acceptors (Lipinski definition) is 3. The molecule has 0 radical (unpaired) electrons. The van der Waals surface area contributed by atoms with E-state index < -0.39 is 0 Å². The van der Waals surface area contributed by atoms with Crippen molar-refractivity contribution < 1.29 is 0 Å². The maximum Gasteiger partial charge on any atom is 0.138 e. The molecular formula is C16H23IN4. The van der Waals surface area contributed by atoms with Gasteiger partial charge in [0, 0.05) is 22.6 Å². The Morgan fingerprint density at radius 1 is 1.33 bits per heavy atom. The van der Waals surface area contributed by atoms with Gasteiger partial charge >= 0.3 is 0 Å². The molecule has 0 saturated carbocycles. The van der Waals surface area contributed by atoms with Crippen molar-refractivity contribution in [3.63, 3.8) is 0 Å². The summed E-state index contributed by atoms with van der Waals surface area (Å²) in [6.45, 7) is 8.33. The molecule has 0 aliphatic heterocycles. The van der Waals surface area contributed by atoms with Crippen molar-refractivity contribution in [2.45, 2.75) is 46.2 Å². The average Bonchev–Trinajstić information content (AvgIpc) is 2.93. The van der Waals surface area contributed by atoms with E-state index in [-0.39, 0.29) is 6.04 Å². The van der Waals surface area contributed by atoms with E-state index >= 15 is 0 Å². The molecule has 0 bridgehead atoms. The summed E-state index contributed by atoms with van der Waals surface area (Å²) >= 11 is 2.45. The molecule has 4 nitrogen and oxygen atoms in total. The van der Waals surface area contributed by atoms with E-state index in [9.17, 15) is 0 Å². The third kappa shape index (κ3) is 4.03. The highest BCUT2D eigenvalue weighted by Crippen LogP contribution is 2.25. The van der Waals surface area contributed by atoms with Crippen LogP contribution in [0, 0.1) is 10.5 Å². The molecule has 1 atom stereocenters. The van der Waals surface area contributed by atoms with Crippen molar-refractivity contribution in [3.05, 3.63) is 45.0 Å². The fourth-order valence-electron chi connectivity index (χ4n) is 2.44. The van der Waals surface area contributed by atoms with Gasteiger partial charge < -0.3 is 5.32 Å². The molecule has 0 aliphatic rings. The zero-order chi connectivity index (χ0) is 15.2. The van der Waals surface area contributed by atoms with Gasteiger partial charge in [-0.25, -0.2) is 4.98 Å². The van der Waals surface area contributed by atoms with Crippen LogP contribution in [0.5, 0.6) is 0 Å². The summed E-state index contributed by atoms with van der Waals surface area (Å²) in [5, 5.41) is 7.94. The lowest BCUT2D eigenvalue weighted by molar-refractivity contribution is 0.495. The van der Waals surface area contributed by atoms with Gasteiger partial charge in [0.05, 0.1) is 0 Å². The number of aromatic nitrogens is 3. The smallest absolute Gasteiger partial charge is 0.138 e. The molecule has 5 heteroatoms. The summed E-state index contributed by atoms with van der Waals surface area (Å²) in [4.78, 5) is 4.42. The van der Waals surface area contributed by atoms with Crippen LogP contribution in [0.15, 0.2) is 24.5 Å². The second-order valence-corrected chi connectivity index (χ2v) is 6.26. The minimum absolute atomic E-state index is 0.284. The van der Waals surface area contributed by atoms with Crippen LogP contribution >= 0.6 is 22.6 Å². The zero-order valence-corrected chi connectivity index (χ0v) is 15.1. The van der Waals surface area contributed by atoms with Crippen LogP contribution in [0.1, 0.15) is 43.3 Å². The SMILES string of the molecule is CCCNC(Cc1ncnn1CC)c1cccc(C)c1I. The molecule has 1 aromatic carbocycles. The van der Waals surface area contributed by atoms with E-state index in [0.717, 1.165) is 31.8 Å². The molecule has 2 aromatic rings. The summed E-state index contributed by atoms with van der Waals surface area (Å²) in [5.74, 6) is 1.04. The largest absolute Gasteiger partial charge is 0.310 e. The highest BCUT2D eigenvalue weighted by Gasteiger charge is 2.18. The van der Waals surface area contributed by atoms with E-state index in [1.54, 1.807) is 6.33 Å². The average molecular weight is 398 g/mol. The number of nitrogens with zero attached hydrogens (tertiary/aromatic N) is 3. The van der Waals surface area contributed by atoms with E-state index in [0.29, 0.717) is 0 Å². The predicted octanol–water partition coefficient (Wildman–Crippen LogP) is 3.49. The van der Waals surface area contributed by atoms with Gasteiger partial charge in [-0.1, -0.05) is 25.1 Å². The zero-order valence-electron chi connectivity index (χ0n) is 12.9. The molecule has 0 saturated heterocycles. The number of halogens is 1. The Balaban J connectivity index is 2.28. The predicted molar refractivity (Wildman–Crippen MR) is 94.3 cm³/mol. The number of rotatable bonds is 7. The minimum Gasteiger partial charge on any atom is -0.310 e. The topological polar surface area (TPSA) is 42.7 Å². The molecule has 0 spiro atoms. The molecule has 0 fully saturated rings. The van der Waals surface area contributed by atoms with Gasteiger partial charge in [0.25, 0.3) is 0 Å². The van der Waals surface area contributed by atoms with Crippen LogP contribution in [0.2, 0.25) is 0 Å². The molecule has 1 aromatic heterocycles. The first-order valence-corrected chi connectivity index (χ1v) is 8.60. The van der Waals surface area contributed by atoms with Gasteiger partial charge in [-0.05, 0) is 60.5 Å². The van der Waals surface area contributed by atoms with Gasteiger partial charge in [-0.15, -0.1) is 0 Å². The lowest BCUT2D eigenvalue weighted by Gasteiger charge is -2.21. The van der Waals surface area contributed by atoms with Crippen molar-refractivity contribution in [2.24, 2.45) is 0 Å². The number of benzene rings is 1. The Bertz CT molecular complexity index is 579. The van der Waals surface area contributed by atoms with Gasteiger partial charge in [0.15, 0.2) is 0 Å². The molecule has 0 aliphatic carbocycles. The molecule has 1 unspecified atom stereocenters. The molecule has 0 amide bonds. The molecule has 1 heterocycles. The second-order valence-electron chi connectivity index (χ2n) is 5.18. The van der Waals surface area contributed by atoms with Gasteiger partial charge in [0.2, 0.25) is 0 Å². The van der Waals surface area contributed by atoms with E-state index in [1.165, 1.54) is 14.7 Å². The Labute approximate surface area is 140 Å². The lowest BCUT2D eigenvalue weighted by Crippen LogP contribution is -2.26. The Kier molecular flexibility index (Phi) is 6.17. The Hall–Kier alpha value is -0.950. The summed E-state index contributed by atoms with van der Waals surface area (Å²) in [5.41, 5.74) is 2.68. The molecule has 21 heavy (non-hydrogen) atoms. The van der Waals surface area contributed by atoms with E-state index in [1.807, 2.05) is 4.68 Å². The lowest BCUT2D eigenvalue weighted by atomic mass is 10.0. The summed E-state index contributed by atoms with van der Waals surface area (Å²) in [7, 11) is 0. The summed E-state index contributed by atoms with van der Waals surface area (Å²) in [6, 6.07) is 6.80. The number of aryl methyl sites for hydroxylation is 2. The van der Waals surface area contributed by atoms with Crippen LogP contribution < -0.4 is 5.32 Å². The fraction of sp³-hybridized carbons (Fsp3) is 0.500. The molecular weight excluding hydrogens is 375 g/mol. The van der Waals surface area contributed by atoms with Gasteiger partial charge in [0.1, 0.15) is 12.2 Å². The van der Waals surface area contributed by atoms with Crippen molar-refractivity contribution in [1.82, 2.24) is 20.1 Å². The molecule has 1 N–H and O–H groups in total. The first kappa shape index (κ1) is 16.4. The second kappa shape index (κ2) is 7.89. The van der Waals surface area contributed by atoms with Crippen molar-refractivity contribution >= 4 is 22.6 Å². The van der Waals surface area contributed by atoms with Crippen LogP contribution in [-0.4, -0.2) is 21.3 Å². The van der Waals surface area contributed by atoms with Gasteiger partial charge in [-0.2, -0.15) is 5.10 Å². The van der Waals surface area contributed by atoms with Crippen LogP contribution in [0.4, 0.5) is 0 Å². The quantitative estimate of drug-likeness (QED) is 0.727. The monoisotopic (exact) mass is 398 g/mol. The summed E-state index contributed by atoms with van der Waals surface area (Å²) < 4.78 is 3.31. The minimum atomic E-state index is 0.284. The van der Waals surface area contributed by atoms with Gasteiger partial charge in [-0.3, -0.25) is 4.68 Å². The third-order valence-corrected chi connectivity index (χ3v) is 5.09.